The highest BCUT2D eigenvalue weighted by atomic mass is 32.1. The number of aryl methyl sites for hydroxylation is 1. The van der Waals surface area contributed by atoms with Gasteiger partial charge in [-0.15, -0.1) is 0 Å². The summed E-state index contributed by atoms with van der Waals surface area (Å²) < 4.78 is 8.34. The maximum Gasteiger partial charge on any atom is 0.176 e. The molecule has 8 heteroatoms. The highest BCUT2D eigenvalue weighted by Gasteiger charge is 2.18. The molecule has 3 aromatic heterocycles. The first-order chi connectivity index (χ1) is 12.6. The third-order valence-electron chi connectivity index (χ3n) is 4.09. The van der Waals surface area contributed by atoms with E-state index in [0.717, 1.165) is 45.7 Å². The van der Waals surface area contributed by atoms with Gasteiger partial charge < -0.3 is 9.88 Å². The summed E-state index contributed by atoms with van der Waals surface area (Å²) in [5.74, 6) is 1.55. The van der Waals surface area contributed by atoms with E-state index in [9.17, 15) is 0 Å². The van der Waals surface area contributed by atoms with Crippen LogP contribution in [0.15, 0.2) is 30.2 Å². The Balaban J connectivity index is 2.01. The largest absolute Gasteiger partial charge is 0.328 e. The zero-order valence-corrected chi connectivity index (χ0v) is 16.3. The van der Waals surface area contributed by atoms with Gasteiger partial charge in [0.25, 0.3) is 0 Å². The van der Waals surface area contributed by atoms with Crippen LogP contribution < -0.4 is 5.32 Å². The molecule has 136 valence electrons. The SMILES string of the molecule is C=Cc1nsc(NC(=NCC)c2ncc(-c3cnn(C)c3)n2CC)c1C. The summed E-state index contributed by atoms with van der Waals surface area (Å²) in [6.45, 7) is 11.4. The Hall–Kier alpha value is -2.74. The number of aromatic nitrogens is 5. The third-order valence-corrected chi connectivity index (χ3v) is 4.96. The van der Waals surface area contributed by atoms with E-state index in [1.807, 2.05) is 39.5 Å². The second-order valence-electron chi connectivity index (χ2n) is 5.79. The molecule has 0 aliphatic heterocycles. The Labute approximate surface area is 157 Å². The predicted molar refractivity (Wildman–Crippen MR) is 108 cm³/mol. The van der Waals surface area contributed by atoms with Gasteiger partial charge in [0.1, 0.15) is 5.00 Å². The topological polar surface area (TPSA) is 72.9 Å². The minimum Gasteiger partial charge on any atom is -0.328 e. The van der Waals surface area contributed by atoms with Crippen LogP contribution in [-0.2, 0) is 13.6 Å². The lowest BCUT2D eigenvalue weighted by Gasteiger charge is -2.12. The molecule has 7 nitrogen and oxygen atoms in total. The maximum absolute atomic E-state index is 4.64. The van der Waals surface area contributed by atoms with Gasteiger partial charge in [-0.05, 0) is 38.4 Å². The number of hydrogen-bond donors (Lipinski definition) is 1. The molecule has 0 fully saturated rings. The summed E-state index contributed by atoms with van der Waals surface area (Å²) >= 11 is 1.41. The van der Waals surface area contributed by atoms with E-state index in [1.54, 1.807) is 10.8 Å². The minimum absolute atomic E-state index is 0.660. The number of aliphatic imine (C=N–C) groups is 1. The first-order valence-electron chi connectivity index (χ1n) is 8.54. The van der Waals surface area contributed by atoms with Crippen LogP contribution in [0.5, 0.6) is 0 Å². The van der Waals surface area contributed by atoms with Crippen molar-refractivity contribution in [1.29, 1.82) is 0 Å². The zero-order valence-electron chi connectivity index (χ0n) is 15.5. The molecule has 0 atom stereocenters. The number of rotatable bonds is 6. The fraction of sp³-hybridized carbons (Fsp3) is 0.333. The average molecular weight is 369 g/mol. The Kier molecular flexibility index (Phi) is 5.32. The molecule has 3 rings (SSSR count). The molecule has 0 unspecified atom stereocenters. The monoisotopic (exact) mass is 369 g/mol. The number of anilines is 1. The lowest BCUT2D eigenvalue weighted by molar-refractivity contribution is 0.757. The van der Waals surface area contributed by atoms with Gasteiger partial charge in [0.2, 0.25) is 0 Å². The summed E-state index contributed by atoms with van der Waals surface area (Å²) in [5.41, 5.74) is 4.01. The second kappa shape index (κ2) is 7.65. The molecule has 0 saturated carbocycles. The van der Waals surface area contributed by atoms with Gasteiger partial charge in [0.15, 0.2) is 11.7 Å². The van der Waals surface area contributed by atoms with Crippen LogP contribution in [0.25, 0.3) is 17.3 Å². The summed E-state index contributed by atoms with van der Waals surface area (Å²) in [5, 5.41) is 8.64. The number of hydrogen-bond acceptors (Lipinski definition) is 5. The first kappa shape index (κ1) is 18.1. The molecule has 0 spiro atoms. The number of amidine groups is 1. The molecule has 1 N–H and O–H groups in total. The van der Waals surface area contributed by atoms with Crippen molar-refractivity contribution in [2.75, 3.05) is 11.9 Å². The van der Waals surface area contributed by atoms with Crippen molar-refractivity contribution < 1.29 is 0 Å². The standard InChI is InChI=1S/C18H23N7S/c1-6-14-12(4)18(26-23-14)22-16(19-7-2)17-20-10-15(25(17)8-3)13-9-21-24(5)11-13/h6,9-11H,1,7-8H2,2-5H3,(H,19,22). The van der Waals surface area contributed by atoms with Gasteiger partial charge in [0.05, 0.1) is 23.8 Å². The average Bonchev–Trinajstić information content (AvgIpc) is 3.33. The summed E-state index contributed by atoms with van der Waals surface area (Å²) in [7, 11) is 1.91. The molecular formula is C18H23N7S. The van der Waals surface area contributed by atoms with Crippen LogP contribution in [0.3, 0.4) is 0 Å². The number of nitrogens with one attached hydrogen (secondary N) is 1. The highest BCUT2D eigenvalue weighted by molar-refractivity contribution is 7.10. The molecule has 3 heterocycles. The van der Waals surface area contributed by atoms with Gasteiger partial charge in [-0.1, -0.05) is 6.58 Å². The minimum atomic E-state index is 0.660. The van der Waals surface area contributed by atoms with Crippen LogP contribution in [0, 0.1) is 6.92 Å². The van der Waals surface area contributed by atoms with Gasteiger partial charge >= 0.3 is 0 Å². The fourth-order valence-electron chi connectivity index (χ4n) is 2.76. The van der Waals surface area contributed by atoms with Gasteiger partial charge in [-0.2, -0.15) is 9.47 Å². The van der Waals surface area contributed by atoms with E-state index >= 15 is 0 Å². The van der Waals surface area contributed by atoms with Crippen molar-refractivity contribution in [3.8, 4) is 11.3 Å². The lowest BCUT2D eigenvalue weighted by atomic mass is 10.2. The van der Waals surface area contributed by atoms with E-state index in [0.29, 0.717) is 6.54 Å². The molecule has 0 radical (unpaired) electrons. The van der Waals surface area contributed by atoms with E-state index < -0.39 is 0 Å². The summed E-state index contributed by atoms with van der Waals surface area (Å²) in [6, 6.07) is 0. The molecule has 26 heavy (non-hydrogen) atoms. The van der Waals surface area contributed by atoms with Crippen molar-refractivity contribution in [1.82, 2.24) is 23.7 Å². The smallest absolute Gasteiger partial charge is 0.176 e. The van der Waals surface area contributed by atoms with Crippen LogP contribution in [0.2, 0.25) is 0 Å². The van der Waals surface area contributed by atoms with E-state index in [-0.39, 0.29) is 0 Å². The van der Waals surface area contributed by atoms with Crippen molar-refractivity contribution in [3.63, 3.8) is 0 Å². The first-order valence-corrected chi connectivity index (χ1v) is 9.31. The van der Waals surface area contributed by atoms with Gasteiger partial charge in [-0.25, -0.2) is 4.98 Å². The summed E-state index contributed by atoms with van der Waals surface area (Å²) in [4.78, 5) is 9.28. The molecule has 0 bridgehead atoms. The molecule has 0 aliphatic carbocycles. The van der Waals surface area contributed by atoms with Crippen molar-refractivity contribution >= 4 is 28.4 Å². The van der Waals surface area contributed by atoms with E-state index in [4.69, 9.17) is 0 Å². The predicted octanol–water partition coefficient (Wildman–Crippen LogP) is 3.59. The highest BCUT2D eigenvalue weighted by Crippen LogP contribution is 2.26. The molecule has 3 aromatic rings. The van der Waals surface area contributed by atoms with Crippen molar-refractivity contribution in [2.45, 2.75) is 27.3 Å². The maximum atomic E-state index is 4.64. The van der Waals surface area contributed by atoms with Crippen molar-refractivity contribution in [2.24, 2.45) is 12.0 Å². The quantitative estimate of drug-likeness (QED) is 0.532. The molecule has 0 aliphatic rings. The van der Waals surface area contributed by atoms with Crippen LogP contribution in [-0.4, -0.2) is 36.1 Å². The van der Waals surface area contributed by atoms with Crippen LogP contribution in [0.1, 0.15) is 30.9 Å². The van der Waals surface area contributed by atoms with Gasteiger partial charge in [0, 0.05) is 37.5 Å². The number of nitrogens with zero attached hydrogens (tertiary/aromatic N) is 6. The zero-order chi connectivity index (χ0) is 18.7. The van der Waals surface area contributed by atoms with Crippen LogP contribution in [0.4, 0.5) is 5.00 Å². The third kappa shape index (κ3) is 3.32. The Bertz CT molecular complexity index is 945. The Morgan fingerprint density at radius 1 is 1.38 bits per heavy atom. The molecule has 0 amide bonds. The number of imidazole rings is 1. The molecular weight excluding hydrogens is 346 g/mol. The Morgan fingerprint density at radius 3 is 2.77 bits per heavy atom. The van der Waals surface area contributed by atoms with Crippen molar-refractivity contribution in [3.05, 3.63) is 42.3 Å². The van der Waals surface area contributed by atoms with E-state index in [2.05, 4.69) is 42.8 Å². The molecule has 0 saturated heterocycles. The normalized spacial score (nSPS) is 11.8. The Morgan fingerprint density at radius 2 is 2.19 bits per heavy atom. The second-order valence-corrected chi connectivity index (χ2v) is 6.56. The molecule has 0 aromatic carbocycles. The van der Waals surface area contributed by atoms with Crippen LogP contribution >= 0.6 is 11.5 Å². The summed E-state index contributed by atoms with van der Waals surface area (Å²) in [6.07, 6.45) is 7.47. The van der Waals surface area contributed by atoms with Gasteiger partial charge in [-0.3, -0.25) is 9.67 Å². The lowest BCUT2D eigenvalue weighted by Crippen LogP contribution is -2.20. The fourth-order valence-corrected chi connectivity index (χ4v) is 3.54. The van der Waals surface area contributed by atoms with E-state index in [1.165, 1.54) is 11.5 Å².